The molecule has 0 aromatic heterocycles. The van der Waals surface area contributed by atoms with Crippen molar-refractivity contribution in [3.8, 4) is 0 Å². The molecule has 2 atom stereocenters. The van der Waals surface area contributed by atoms with Gasteiger partial charge in [0.15, 0.2) is 0 Å². The zero-order valence-electron chi connectivity index (χ0n) is 13.8. The molecule has 1 N–H and O–H groups in total. The van der Waals surface area contributed by atoms with Gasteiger partial charge in [-0.3, -0.25) is 4.79 Å². The van der Waals surface area contributed by atoms with Crippen LogP contribution in [0.5, 0.6) is 0 Å². The Morgan fingerprint density at radius 2 is 2.14 bits per heavy atom. The van der Waals surface area contributed by atoms with Gasteiger partial charge in [-0.15, -0.1) is 0 Å². The van der Waals surface area contributed by atoms with Crippen molar-refractivity contribution in [1.29, 1.82) is 0 Å². The molecule has 21 heavy (non-hydrogen) atoms. The predicted octanol–water partition coefficient (Wildman–Crippen LogP) is 3.21. The normalized spacial score (nSPS) is 20.7. The number of hydrogen-bond donors (Lipinski definition) is 1. The maximum absolute atomic E-state index is 12.3. The van der Waals surface area contributed by atoms with Crippen LogP contribution in [0.2, 0.25) is 0 Å². The van der Waals surface area contributed by atoms with E-state index in [0.717, 1.165) is 32.5 Å². The average Bonchev–Trinajstić information content (AvgIpc) is 2.46. The molecule has 2 rings (SSSR count). The minimum atomic E-state index is 0.180. The minimum Gasteiger partial charge on any atom is -0.341 e. The Kier molecular flexibility index (Phi) is 5.40. The quantitative estimate of drug-likeness (QED) is 0.902. The van der Waals surface area contributed by atoms with Crippen molar-refractivity contribution in [3.05, 3.63) is 34.9 Å². The molecule has 1 heterocycles. The first kappa shape index (κ1) is 16.0. The number of nitrogens with zero attached hydrogens (tertiary/aromatic N) is 1. The number of likely N-dealkylation sites (tertiary alicyclic amines) is 1. The molecule has 0 saturated carbocycles. The van der Waals surface area contributed by atoms with Gasteiger partial charge in [-0.1, -0.05) is 37.6 Å². The summed E-state index contributed by atoms with van der Waals surface area (Å²) in [4.78, 5) is 14.4. The summed E-state index contributed by atoms with van der Waals surface area (Å²) >= 11 is 0. The van der Waals surface area contributed by atoms with Crippen LogP contribution in [-0.2, 0) is 4.79 Å². The van der Waals surface area contributed by atoms with Gasteiger partial charge < -0.3 is 10.2 Å². The highest BCUT2D eigenvalue weighted by Crippen LogP contribution is 2.24. The Morgan fingerprint density at radius 3 is 2.86 bits per heavy atom. The number of amides is 1. The van der Waals surface area contributed by atoms with Crippen molar-refractivity contribution in [3.63, 3.8) is 0 Å². The Balaban J connectivity index is 2.19. The molecular weight excluding hydrogens is 260 g/mol. The number of likely N-dealkylation sites (N-methyl/N-ethyl adjacent to an activating group) is 1. The number of piperidine rings is 1. The molecule has 3 nitrogen and oxygen atoms in total. The smallest absolute Gasteiger partial charge is 0.225 e. The largest absolute Gasteiger partial charge is 0.341 e. The summed E-state index contributed by atoms with van der Waals surface area (Å²) in [6, 6.07) is 6.80. The maximum Gasteiger partial charge on any atom is 0.225 e. The number of aryl methyl sites for hydroxylation is 2. The fourth-order valence-corrected chi connectivity index (χ4v) is 3.19. The van der Waals surface area contributed by atoms with E-state index >= 15 is 0 Å². The second kappa shape index (κ2) is 7.08. The van der Waals surface area contributed by atoms with Crippen LogP contribution in [0.25, 0.3) is 0 Å². The highest BCUT2D eigenvalue weighted by atomic mass is 16.2. The van der Waals surface area contributed by atoms with E-state index in [0.29, 0.717) is 5.91 Å². The maximum atomic E-state index is 12.3. The monoisotopic (exact) mass is 288 g/mol. The molecule has 1 aromatic carbocycles. The van der Waals surface area contributed by atoms with Crippen molar-refractivity contribution in [2.24, 2.45) is 5.92 Å². The van der Waals surface area contributed by atoms with E-state index in [1.54, 1.807) is 0 Å². The van der Waals surface area contributed by atoms with Crippen LogP contribution in [0.15, 0.2) is 18.2 Å². The molecule has 0 spiro atoms. The number of hydrogen-bond acceptors (Lipinski definition) is 2. The number of carbonyl (C=O) groups excluding carboxylic acids is 1. The fourth-order valence-electron chi connectivity index (χ4n) is 3.19. The molecule has 0 radical (unpaired) electrons. The third-order valence-electron chi connectivity index (χ3n) is 4.46. The summed E-state index contributed by atoms with van der Waals surface area (Å²) in [5, 5.41) is 3.56. The minimum absolute atomic E-state index is 0.180. The number of benzene rings is 1. The van der Waals surface area contributed by atoms with Gasteiger partial charge in [0.25, 0.3) is 0 Å². The Labute approximate surface area is 128 Å². The van der Waals surface area contributed by atoms with Crippen LogP contribution < -0.4 is 5.32 Å². The zero-order valence-corrected chi connectivity index (χ0v) is 13.8. The summed E-state index contributed by atoms with van der Waals surface area (Å²) < 4.78 is 0. The molecule has 116 valence electrons. The van der Waals surface area contributed by atoms with Gasteiger partial charge >= 0.3 is 0 Å². The summed E-state index contributed by atoms with van der Waals surface area (Å²) in [5.74, 6) is 0.495. The van der Waals surface area contributed by atoms with E-state index in [-0.39, 0.29) is 12.0 Å². The van der Waals surface area contributed by atoms with Crippen LogP contribution >= 0.6 is 0 Å². The van der Waals surface area contributed by atoms with E-state index in [2.05, 4.69) is 51.2 Å². The lowest BCUT2D eigenvalue weighted by Crippen LogP contribution is -2.44. The lowest BCUT2D eigenvalue weighted by atomic mass is 9.95. The summed E-state index contributed by atoms with van der Waals surface area (Å²) in [6.45, 7) is 11.0. The molecule has 1 aliphatic rings. The molecule has 0 bridgehead atoms. The fraction of sp³-hybridized carbons (Fsp3) is 0.611. The van der Waals surface area contributed by atoms with E-state index < -0.39 is 0 Å². The SMILES string of the molecule is CCNC(CN1CCCC(C)C1=O)c1cc(C)ccc1C. The predicted molar refractivity (Wildman–Crippen MR) is 87.3 cm³/mol. The molecule has 1 aromatic rings. The van der Waals surface area contributed by atoms with Gasteiger partial charge in [0.2, 0.25) is 5.91 Å². The first-order valence-electron chi connectivity index (χ1n) is 8.12. The van der Waals surface area contributed by atoms with Crippen LogP contribution in [0.1, 0.15) is 49.4 Å². The first-order valence-corrected chi connectivity index (χ1v) is 8.12. The van der Waals surface area contributed by atoms with Gasteiger partial charge in [-0.2, -0.15) is 0 Å². The van der Waals surface area contributed by atoms with Gasteiger partial charge in [-0.25, -0.2) is 0 Å². The van der Waals surface area contributed by atoms with Crippen molar-refractivity contribution in [1.82, 2.24) is 10.2 Å². The number of nitrogens with one attached hydrogen (secondary N) is 1. The molecule has 1 saturated heterocycles. The second-order valence-electron chi connectivity index (χ2n) is 6.30. The second-order valence-corrected chi connectivity index (χ2v) is 6.30. The molecular formula is C18H28N2O. The lowest BCUT2D eigenvalue weighted by Gasteiger charge is -2.34. The average molecular weight is 288 g/mol. The summed E-state index contributed by atoms with van der Waals surface area (Å²) in [6.07, 6.45) is 2.16. The van der Waals surface area contributed by atoms with Crippen molar-refractivity contribution < 1.29 is 4.79 Å². The third-order valence-corrected chi connectivity index (χ3v) is 4.46. The molecule has 1 aliphatic heterocycles. The standard InChI is InChI=1S/C18H28N2O/c1-5-19-17(16-11-13(2)8-9-14(16)3)12-20-10-6-7-15(4)18(20)21/h8-9,11,15,17,19H,5-7,10,12H2,1-4H3. The van der Waals surface area contributed by atoms with Crippen LogP contribution in [-0.4, -0.2) is 30.4 Å². The van der Waals surface area contributed by atoms with Crippen LogP contribution in [0, 0.1) is 19.8 Å². The molecule has 1 fully saturated rings. The van der Waals surface area contributed by atoms with E-state index in [4.69, 9.17) is 0 Å². The van der Waals surface area contributed by atoms with E-state index in [9.17, 15) is 4.79 Å². The van der Waals surface area contributed by atoms with Crippen molar-refractivity contribution in [2.75, 3.05) is 19.6 Å². The summed E-state index contributed by atoms with van der Waals surface area (Å²) in [5.41, 5.74) is 3.89. The van der Waals surface area contributed by atoms with Crippen LogP contribution in [0.4, 0.5) is 0 Å². The molecule has 2 unspecified atom stereocenters. The Morgan fingerprint density at radius 1 is 1.38 bits per heavy atom. The lowest BCUT2D eigenvalue weighted by molar-refractivity contribution is -0.138. The van der Waals surface area contributed by atoms with E-state index in [1.807, 2.05) is 4.90 Å². The van der Waals surface area contributed by atoms with Gasteiger partial charge in [0.1, 0.15) is 0 Å². The molecule has 3 heteroatoms. The highest BCUT2D eigenvalue weighted by molar-refractivity contribution is 5.79. The van der Waals surface area contributed by atoms with Crippen molar-refractivity contribution >= 4 is 5.91 Å². The number of rotatable bonds is 5. The molecule has 0 aliphatic carbocycles. The van der Waals surface area contributed by atoms with Crippen LogP contribution in [0.3, 0.4) is 0 Å². The first-order chi connectivity index (χ1) is 10.0. The topological polar surface area (TPSA) is 32.3 Å². The zero-order chi connectivity index (χ0) is 15.4. The molecule has 1 amide bonds. The van der Waals surface area contributed by atoms with Gasteiger partial charge in [0, 0.05) is 19.0 Å². The van der Waals surface area contributed by atoms with Gasteiger partial charge in [-0.05, 0) is 44.4 Å². The highest BCUT2D eigenvalue weighted by Gasteiger charge is 2.27. The van der Waals surface area contributed by atoms with Crippen molar-refractivity contribution in [2.45, 2.75) is 46.6 Å². The Bertz CT molecular complexity index is 498. The summed E-state index contributed by atoms with van der Waals surface area (Å²) in [7, 11) is 0. The number of carbonyl (C=O) groups is 1. The van der Waals surface area contributed by atoms with E-state index in [1.165, 1.54) is 16.7 Å². The van der Waals surface area contributed by atoms with Gasteiger partial charge in [0.05, 0.1) is 6.04 Å². The third kappa shape index (κ3) is 3.85. The Hall–Kier alpha value is -1.35.